The SMILES string of the molecule is Cc1c(Cc2ccccc2)c(=O)oc2c(C)c3c(cc12)C[NH+](Cc1ccc(Cl)cc1)CO3. The Kier molecular flexibility index (Phi) is 5.50. The van der Waals surface area contributed by atoms with Gasteiger partial charge in [-0.05, 0) is 43.2 Å². The Morgan fingerprint density at radius 3 is 2.47 bits per heavy atom. The molecule has 0 saturated heterocycles. The lowest BCUT2D eigenvalue weighted by atomic mass is 9.96. The van der Waals surface area contributed by atoms with Crippen molar-refractivity contribution in [2.24, 2.45) is 0 Å². The Balaban J connectivity index is 1.51. The summed E-state index contributed by atoms with van der Waals surface area (Å²) in [6.07, 6.45) is 0.561. The largest absolute Gasteiger partial charge is 0.444 e. The maximum atomic E-state index is 12.8. The molecule has 1 unspecified atom stereocenters. The van der Waals surface area contributed by atoms with Crippen molar-refractivity contribution in [3.63, 3.8) is 0 Å². The van der Waals surface area contributed by atoms with E-state index < -0.39 is 0 Å². The minimum Gasteiger partial charge on any atom is -0.444 e. The number of hydrogen-bond donors (Lipinski definition) is 1. The second-order valence-electron chi connectivity index (χ2n) is 8.54. The molecule has 1 atom stereocenters. The van der Waals surface area contributed by atoms with E-state index in [1.165, 1.54) is 10.5 Å². The molecule has 5 rings (SSSR count). The fraction of sp³-hybridized carbons (Fsp3) is 0.222. The van der Waals surface area contributed by atoms with Crippen molar-refractivity contribution >= 4 is 22.6 Å². The predicted octanol–water partition coefficient (Wildman–Crippen LogP) is 4.59. The quantitative estimate of drug-likeness (QED) is 0.466. The third-order valence-corrected chi connectivity index (χ3v) is 6.54. The van der Waals surface area contributed by atoms with Crippen molar-refractivity contribution in [1.29, 1.82) is 0 Å². The van der Waals surface area contributed by atoms with Gasteiger partial charge in [0.05, 0.1) is 0 Å². The number of hydrogen-bond acceptors (Lipinski definition) is 3. The van der Waals surface area contributed by atoms with Gasteiger partial charge in [-0.1, -0.05) is 54.1 Å². The molecule has 1 aromatic heterocycles. The number of aryl methyl sites for hydroxylation is 2. The van der Waals surface area contributed by atoms with Crippen molar-refractivity contribution in [3.05, 3.63) is 109 Å². The fourth-order valence-electron chi connectivity index (χ4n) is 4.57. The van der Waals surface area contributed by atoms with Gasteiger partial charge >= 0.3 is 5.63 Å². The molecule has 0 radical (unpaired) electrons. The summed E-state index contributed by atoms with van der Waals surface area (Å²) in [6, 6.07) is 20.1. The van der Waals surface area contributed by atoms with Crippen molar-refractivity contribution in [2.45, 2.75) is 33.4 Å². The molecule has 2 heterocycles. The van der Waals surface area contributed by atoms with Crippen LogP contribution in [0.25, 0.3) is 11.0 Å². The zero-order chi connectivity index (χ0) is 22.2. The Morgan fingerprint density at radius 2 is 1.72 bits per heavy atom. The molecule has 32 heavy (non-hydrogen) atoms. The third kappa shape index (κ3) is 3.92. The topological polar surface area (TPSA) is 43.9 Å². The first-order valence-corrected chi connectivity index (χ1v) is 11.2. The lowest BCUT2D eigenvalue weighted by Gasteiger charge is -2.28. The zero-order valence-electron chi connectivity index (χ0n) is 18.2. The van der Waals surface area contributed by atoms with Gasteiger partial charge in [0.25, 0.3) is 0 Å². The van der Waals surface area contributed by atoms with Crippen molar-refractivity contribution in [1.82, 2.24) is 0 Å². The van der Waals surface area contributed by atoms with E-state index in [1.807, 2.05) is 56.3 Å². The summed E-state index contributed by atoms with van der Waals surface area (Å²) < 4.78 is 12.0. The van der Waals surface area contributed by atoms with E-state index in [2.05, 4.69) is 18.2 Å². The maximum Gasteiger partial charge on any atom is 0.340 e. The minimum atomic E-state index is -0.271. The molecule has 0 aliphatic carbocycles. The van der Waals surface area contributed by atoms with Gasteiger partial charge in [-0.15, -0.1) is 0 Å². The number of ether oxygens (including phenoxy) is 1. The van der Waals surface area contributed by atoms with Crippen LogP contribution in [-0.2, 0) is 19.5 Å². The molecule has 0 spiro atoms. The van der Waals surface area contributed by atoms with Gasteiger partial charge in [-0.2, -0.15) is 0 Å². The van der Waals surface area contributed by atoms with Gasteiger partial charge in [0.2, 0.25) is 6.73 Å². The molecular weight excluding hydrogens is 422 g/mol. The first-order chi connectivity index (χ1) is 15.5. The Morgan fingerprint density at radius 1 is 0.969 bits per heavy atom. The molecule has 1 aliphatic rings. The average molecular weight is 447 g/mol. The number of halogens is 1. The first kappa shape index (κ1) is 20.8. The minimum absolute atomic E-state index is 0.271. The summed E-state index contributed by atoms with van der Waals surface area (Å²) in [5.41, 5.74) is 6.42. The zero-order valence-corrected chi connectivity index (χ0v) is 19.0. The van der Waals surface area contributed by atoms with E-state index in [0.29, 0.717) is 24.3 Å². The standard InChI is InChI=1S/C27H24ClNO3/c1-17-23-13-21-15-29(14-20-8-10-22(28)11-9-20)16-31-25(21)18(2)26(23)32-27(30)24(17)12-19-6-4-3-5-7-19/h3-11,13H,12,14-16H2,1-2H3/p+1. The van der Waals surface area contributed by atoms with Crippen LogP contribution in [-0.4, -0.2) is 6.73 Å². The molecule has 1 N–H and O–H groups in total. The van der Waals surface area contributed by atoms with Crippen LogP contribution in [0.1, 0.15) is 33.4 Å². The van der Waals surface area contributed by atoms with Crippen molar-refractivity contribution in [3.8, 4) is 5.75 Å². The maximum absolute atomic E-state index is 12.8. The average Bonchev–Trinajstić information content (AvgIpc) is 2.80. The third-order valence-electron chi connectivity index (χ3n) is 6.29. The van der Waals surface area contributed by atoms with Crippen molar-refractivity contribution in [2.75, 3.05) is 6.73 Å². The van der Waals surface area contributed by atoms with Gasteiger partial charge in [0.1, 0.15) is 24.4 Å². The van der Waals surface area contributed by atoms with Gasteiger partial charge in [0.15, 0.2) is 0 Å². The molecule has 162 valence electrons. The van der Waals surface area contributed by atoms with Crippen LogP contribution < -0.4 is 15.3 Å². The fourth-order valence-corrected chi connectivity index (χ4v) is 4.69. The molecule has 4 nitrogen and oxygen atoms in total. The number of quaternary nitrogens is 1. The van der Waals surface area contributed by atoms with E-state index >= 15 is 0 Å². The van der Waals surface area contributed by atoms with Gasteiger partial charge in [-0.25, -0.2) is 4.79 Å². The molecule has 3 aromatic carbocycles. The second-order valence-corrected chi connectivity index (χ2v) is 8.98. The van der Waals surface area contributed by atoms with Crippen LogP contribution in [0.3, 0.4) is 0 Å². The van der Waals surface area contributed by atoms with Crippen LogP contribution in [0.4, 0.5) is 0 Å². The van der Waals surface area contributed by atoms with Gasteiger partial charge < -0.3 is 9.15 Å². The molecule has 0 bridgehead atoms. The number of nitrogens with one attached hydrogen (secondary N) is 1. The van der Waals surface area contributed by atoms with Crippen LogP contribution in [0.15, 0.2) is 69.9 Å². The van der Waals surface area contributed by atoms with Crippen molar-refractivity contribution < 1.29 is 14.1 Å². The highest BCUT2D eigenvalue weighted by atomic mass is 35.5. The summed E-state index contributed by atoms with van der Waals surface area (Å²) in [7, 11) is 0. The summed E-state index contributed by atoms with van der Waals surface area (Å²) in [6.45, 7) is 6.27. The lowest BCUT2D eigenvalue weighted by Crippen LogP contribution is -3.10. The lowest BCUT2D eigenvalue weighted by molar-refractivity contribution is -0.945. The van der Waals surface area contributed by atoms with Crippen LogP contribution in [0.2, 0.25) is 5.02 Å². The van der Waals surface area contributed by atoms with E-state index in [9.17, 15) is 4.79 Å². The predicted molar refractivity (Wildman–Crippen MR) is 127 cm³/mol. The first-order valence-electron chi connectivity index (χ1n) is 10.8. The van der Waals surface area contributed by atoms with Gasteiger partial charge in [-0.3, -0.25) is 4.90 Å². The Labute approximate surface area is 192 Å². The Bertz CT molecular complexity index is 1340. The smallest absolute Gasteiger partial charge is 0.340 e. The summed E-state index contributed by atoms with van der Waals surface area (Å²) in [5.74, 6) is 0.843. The molecule has 1 aliphatic heterocycles. The Hall–Kier alpha value is -3.08. The van der Waals surface area contributed by atoms with Crippen LogP contribution in [0.5, 0.6) is 5.75 Å². The van der Waals surface area contributed by atoms with E-state index in [0.717, 1.165) is 51.5 Å². The molecule has 5 heteroatoms. The second kappa shape index (κ2) is 8.45. The number of rotatable bonds is 4. The molecule has 4 aromatic rings. The molecule has 0 fully saturated rings. The van der Waals surface area contributed by atoms with Crippen LogP contribution in [0, 0.1) is 13.8 Å². The molecule has 0 saturated carbocycles. The van der Waals surface area contributed by atoms with E-state index in [-0.39, 0.29) is 5.63 Å². The highest BCUT2D eigenvalue weighted by molar-refractivity contribution is 6.30. The molecule has 0 amide bonds. The highest BCUT2D eigenvalue weighted by Gasteiger charge is 2.26. The van der Waals surface area contributed by atoms with E-state index in [4.69, 9.17) is 20.8 Å². The summed E-state index contributed by atoms with van der Waals surface area (Å²) in [4.78, 5) is 14.2. The van der Waals surface area contributed by atoms with E-state index in [1.54, 1.807) is 0 Å². The van der Waals surface area contributed by atoms with Gasteiger partial charge in [0, 0.05) is 39.1 Å². The normalized spacial score (nSPS) is 15.4. The highest BCUT2D eigenvalue weighted by Crippen LogP contribution is 2.34. The number of fused-ring (bicyclic) bond motifs is 2. The summed E-state index contributed by atoms with van der Waals surface area (Å²) >= 11 is 6.02. The number of benzene rings is 3. The monoisotopic (exact) mass is 446 g/mol. The molecular formula is C27H25ClNO3+. The van der Waals surface area contributed by atoms with Crippen LogP contribution >= 0.6 is 11.6 Å². The summed E-state index contributed by atoms with van der Waals surface area (Å²) in [5, 5.41) is 1.73.